The van der Waals surface area contributed by atoms with E-state index in [0.717, 1.165) is 20.9 Å². The minimum atomic E-state index is -0.732. The number of para-hydroxylation sites is 1. The monoisotopic (exact) mass is 532 g/mol. The van der Waals surface area contributed by atoms with Crippen LogP contribution in [0.2, 0.25) is 0 Å². The molecule has 37 heavy (non-hydrogen) atoms. The summed E-state index contributed by atoms with van der Waals surface area (Å²) < 4.78 is 1.38. The zero-order valence-electron chi connectivity index (χ0n) is 19.8. The Kier molecular flexibility index (Phi) is 6.48. The van der Waals surface area contributed by atoms with Crippen molar-refractivity contribution < 1.29 is 19.3 Å². The van der Waals surface area contributed by atoms with Crippen LogP contribution in [0.15, 0.2) is 65.0 Å². The molecule has 0 radical (unpaired) electrons. The normalized spacial score (nSPS) is 12.9. The first-order chi connectivity index (χ1) is 17.7. The van der Waals surface area contributed by atoms with E-state index in [4.69, 9.17) is 0 Å². The Bertz CT molecular complexity index is 1600. The number of rotatable bonds is 7. The van der Waals surface area contributed by atoms with Gasteiger partial charge in [0, 0.05) is 11.8 Å². The number of hydrogen-bond donors (Lipinski definition) is 1. The Hall–Kier alpha value is -4.09. The van der Waals surface area contributed by atoms with Crippen molar-refractivity contribution in [2.45, 2.75) is 24.1 Å². The summed E-state index contributed by atoms with van der Waals surface area (Å²) in [6.45, 7) is 4.14. The van der Waals surface area contributed by atoms with Crippen molar-refractivity contribution in [3.8, 4) is 0 Å². The van der Waals surface area contributed by atoms with E-state index in [-0.39, 0.29) is 28.7 Å². The third-order valence-electron chi connectivity index (χ3n) is 5.88. The molecule has 0 spiro atoms. The zero-order valence-corrected chi connectivity index (χ0v) is 21.4. The highest BCUT2D eigenvalue weighted by atomic mass is 32.2. The summed E-state index contributed by atoms with van der Waals surface area (Å²) in [5.41, 5.74) is 2.21. The fraction of sp³-hybridized carbons (Fsp3) is 0.154. The number of fused-ring (bicyclic) bond motifs is 2. The SMILES string of the molecule is CC(C)c1ccccc1NC(=O)CSc1nc2ccc(N3C(=O)c4cccc([N+](=O)[O-])c4C3=O)cc2s1. The Balaban J connectivity index is 1.33. The molecule has 1 aliphatic heterocycles. The molecule has 0 unspecified atom stereocenters. The van der Waals surface area contributed by atoms with Crippen LogP contribution in [-0.4, -0.2) is 33.4 Å². The summed E-state index contributed by atoms with van der Waals surface area (Å²) in [4.78, 5) is 54.7. The van der Waals surface area contributed by atoms with Crippen molar-refractivity contribution in [1.82, 2.24) is 4.98 Å². The molecule has 0 saturated carbocycles. The second kappa shape index (κ2) is 9.75. The molecule has 9 nitrogen and oxygen atoms in total. The maximum absolute atomic E-state index is 13.0. The molecule has 1 aliphatic rings. The lowest BCUT2D eigenvalue weighted by Crippen LogP contribution is -2.29. The number of nitrogens with one attached hydrogen (secondary N) is 1. The number of hydrogen-bond acceptors (Lipinski definition) is 8. The maximum atomic E-state index is 13.0. The predicted octanol–water partition coefficient (Wildman–Crippen LogP) is 5.86. The number of nitro groups is 1. The Morgan fingerprint density at radius 3 is 2.65 bits per heavy atom. The van der Waals surface area contributed by atoms with Crippen molar-refractivity contribution in [2.24, 2.45) is 0 Å². The molecule has 0 fully saturated rings. The minimum Gasteiger partial charge on any atom is -0.325 e. The molecular weight excluding hydrogens is 512 g/mol. The number of thiazole rings is 1. The van der Waals surface area contributed by atoms with E-state index in [1.165, 1.54) is 41.3 Å². The van der Waals surface area contributed by atoms with E-state index in [1.807, 2.05) is 24.3 Å². The summed E-state index contributed by atoms with van der Waals surface area (Å²) in [6, 6.07) is 16.6. The predicted molar refractivity (Wildman–Crippen MR) is 144 cm³/mol. The van der Waals surface area contributed by atoms with Gasteiger partial charge in [-0.25, -0.2) is 9.88 Å². The summed E-state index contributed by atoms with van der Waals surface area (Å²) in [5.74, 6) is -1.05. The number of carbonyl (C=O) groups is 3. The van der Waals surface area contributed by atoms with Crippen molar-refractivity contribution in [2.75, 3.05) is 16.0 Å². The van der Waals surface area contributed by atoms with Gasteiger partial charge in [0.25, 0.3) is 17.5 Å². The number of carbonyl (C=O) groups excluding carboxylic acids is 3. The molecule has 0 bridgehead atoms. The number of nitrogens with zero attached hydrogens (tertiary/aromatic N) is 3. The van der Waals surface area contributed by atoms with Crippen LogP contribution in [0.25, 0.3) is 10.2 Å². The van der Waals surface area contributed by atoms with Gasteiger partial charge in [0.05, 0.1) is 32.1 Å². The molecule has 5 rings (SSSR count). The standard InChI is InChI=1S/C26H20N4O5S2/c1-14(2)16-6-3-4-8-18(16)27-22(31)13-36-26-28-19-11-10-15(12-21(19)37-26)29-24(32)17-7-5-9-20(30(34)35)23(17)25(29)33/h3-12,14H,13H2,1-2H3,(H,27,31). The topological polar surface area (TPSA) is 123 Å². The van der Waals surface area contributed by atoms with E-state index in [1.54, 1.807) is 18.2 Å². The van der Waals surface area contributed by atoms with E-state index in [9.17, 15) is 24.5 Å². The van der Waals surface area contributed by atoms with Gasteiger partial charge in [-0.2, -0.15) is 0 Å². The number of aromatic nitrogens is 1. The highest BCUT2D eigenvalue weighted by molar-refractivity contribution is 8.01. The fourth-order valence-electron chi connectivity index (χ4n) is 4.18. The summed E-state index contributed by atoms with van der Waals surface area (Å²) >= 11 is 2.63. The third kappa shape index (κ3) is 4.58. The summed E-state index contributed by atoms with van der Waals surface area (Å²) in [7, 11) is 0. The second-order valence-corrected chi connectivity index (χ2v) is 10.9. The van der Waals surface area contributed by atoms with Crippen molar-refractivity contribution in [1.29, 1.82) is 0 Å². The summed E-state index contributed by atoms with van der Waals surface area (Å²) in [6.07, 6.45) is 0. The average molecular weight is 533 g/mol. The molecule has 11 heteroatoms. The number of imide groups is 1. The van der Waals surface area contributed by atoms with E-state index >= 15 is 0 Å². The van der Waals surface area contributed by atoms with Gasteiger partial charge in [-0.15, -0.1) is 11.3 Å². The van der Waals surface area contributed by atoms with E-state index < -0.39 is 22.4 Å². The third-order valence-corrected chi connectivity index (χ3v) is 8.04. The molecule has 186 valence electrons. The van der Waals surface area contributed by atoms with Crippen LogP contribution in [-0.2, 0) is 4.79 Å². The van der Waals surface area contributed by atoms with Gasteiger partial charge < -0.3 is 5.32 Å². The Labute approximate surface area is 219 Å². The Morgan fingerprint density at radius 1 is 1.11 bits per heavy atom. The van der Waals surface area contributed by atoms with Gasteiger partial charge in [-0.3, -0.25) is 24.5 Å². The lowest BCUT2D eigenvalue weighted by molar-refractivity contribution is -0.385. The highest BCUT2D eigenvalue weighted by Gasteiger charge is 2.41. The van der Waals surface area contributed by atoms with Crippen molar-refractivity contribution in [3.63, 3.8) is 0 Å². The lowest BCUT2D eigenvalue weighted by atomic mass is 10.0. The molecule has 4 aromatic rings. The number of amides is 3. The molecular formula is C26H20N4O5S2. The van der Waals surface area contributed by atoms with E-state index in [2.05, 4.69) is 24.1 Å². The molecule has 3 amide bonds. The first-order valence-corrected chi connectivity index (χ1v) is 13.1. The van der Waals surface area contributed by atoms with Crippen LogP contribution in [0.4, 0.5) is 17.1 Å². The van der Waals surface area contributed by atoms with Gasteiger partial charge in [0.2, 0.25) is 5.91 Å². The van der Waals surface area contributed by atoms with E-state index in [0.29, 0.717) is 15.5 Å². The molecule has 2 heterocycles. The Morgan fingerprint density at radius 2 is 1.89 bits per heavy atom. The van der Waals surface area contributed by atoms with Gasteiger partial charge in [-0.05, 0) is 41.8 Å². The second-order valence-electron chi connectivity index (χ2n) is 8.61. The molecule has 1 N–H and O–H groups in total. The quantitative estimate of drug-likeness (QED) is 0.137. The number of benzene rings is 3. The highest BCUT2D eigenvalue weighted by Crippen LogP contribution is 2.37. The first kappa shape index (κ1) is 24.6. The van der Waals surface area contributed by atoms with Crippen LogP contribution >= 0.6 is 23.1 Å². The smallest absolute Gasteiger partial charge is 0.283 e. The largest absolute Gasteiger partial charge is 0.325 e. The molecule has 0 aliphatic carbocycles. The van der Waals surface area contributed by atoms with Gasteiger partial charge >= 0.3 is 0 Å². The van der Waals surface area contributed by atoms with Crippen molar-refractivity contribution in [3.05, 3.63) is 87.5 Å². The van der Waals surface area contributed by atoms with Crippen LogP contribution < -0.4 is 10.2 Å². The fourth-order valence-corrected chi connectivity index (χ4v) is 6.08. The van der Waals surface area contributed by atoms with Gasteiger partial charge in [-0.1, -0.05) is 49.9 Å². The summed E-state index contributed by atoms with van der Waals surface area (Å²) in [5, 5.41) is 14.3. The lowest BCUT2D eigenvalue weighted by Gasteiger charge is -2.13. The molecule has 1 aromatic heterocycles. The molecule has 0 atom stereocenters. The molecule has 3 aromatic carbocycles. The molecule has 0 saturated heterocycles. The van der Waals surface area contributed by atoms with Crippen LogP contribution in [0, 0.1) is 10.1 Å². The first-order valence-electron chi connectivity index (χ1n) is 11.3. The zero-order chi connectivity index (χ0) is 26.3. The van der Waals surface area contributed by atoms with Gasteiger partial charge in [0.1, 0.15) is 5.56 Å². The number of nitro benzene ring substituents is 1. The average Bonchev–Trinajstić information content (AvgIpc) is 3.40. The maximum Gasteiger partial charge on any atom is 0.283 e. The van der Waals surface area contributed by atoms with Crippen LogP contribution in [0.5, 0.6) is 0 Å². The number of thioether (sulfide) groups is 1. The van der Waals surface area contributed by atoms with Crippen LogP contribution in [0.3, 0.4) is 0 Å². The van der Waals surface area contributed by atoms with Crippen LogP contribution in [0.1, 0.15) is 46.0 Å². The van der Waals surface area contributed by atoms with Crippen molar-refractivity contribution >= 4 is 68.1 Å². The number of anilines is 2. The van der Waals surface area contributed by atoms with Gasteiger partial charge in [0.15, 0.2) is 4.34 Å². The minimum absolute atomic E-state index is 0.00454.